The highest BCUT2D eigenvalue weighted by atomic mass is 16.5. The fourth-order valence-corrected chi connectivity index (χ4v) is 2.19. The Morgan fingerprint density at radius 3 is 2.46 bits per heavy atom. The number of hydrogen-bond acceptors (Lipinski definition) is 5. The molecule has 2 unspecified atom stereocenters. The lowest BCUT2D eigenvalue weighted by Crippen LogP contribution is -2.47. The molecule has 0 radical (unpaired) electrons. The molecular formula is C18H25NO5. The SMILES string of the molecule is CCC(C)C(NC(=O)COC(=O)c1cccc(C)c1C)C(=O)OC. The first-order chi connectivity index (χ1) is 11.3. The summed E-state index contributed by atoms with van der Waals surface area (Å²) in [6.07, 6.45) is 0.697. The lowest BCUT2D eigenvalue weighted by Gasteiger charge is -2.21. The molecule has 0 saturated carbocycles. The normalized spacial score (nSPS) is 12.9. The standard InChI is InChI=1S/C18H25NO5/c1-6-11(2)16(18(22)23-5)19-15(20)10-24-17(21)14-9-7-8-12(3)13(14)4/h7-9,11,16H,6,10H2,1-5H3,(H,19,20). The molecular weight excluding hydrogens is 310 g/mol. The van der Waals surface area contributed by atoms with Crippen molar-refractivity contribution in [1.82, 2.24) is 5.32 Å². The van der Waals surface area contributed by atoms with Crippen LogP contribution in [0.5, 0.6) is 0 Å². The Morgan fingerprint density at radius 1 is 1.21 bits per heavy atom. The van der Waals surface area contributed by atoms with Crippen LogP contribution >= 0.6 is 0 Å². The number of benzene rings is 1. The van der Waals surface area contributed by atoms with E-state index < -0.39 is 30.5 Å². The minimum Gasteiger partial charge on any atom is -0.467 e. The average Bonchev–Trinajstić information content (AvgIpc) is 2.58. The van der Waals surface area contributed by atoms with Crippen molar-refractivity contribution < 1.29 is 23.9 Å². The lowest BCUT2D eigenvalue weighted by atomic mass is 9.99. The summed E-state index contributed by atoms with van der Waals surface area (Å²) in [5.74, 6) is -1.71. The van der Waals surface area contributed by atoms with Gasteiger partial charge in [-0.3, -0.25) is 4.79 Å². The van der Waals surface area contributed by atoms with Gasteiger partial charge in [0.05, 0.1) is 12.7 Å². The maximum absolute atomic E-state index is 12.1. The van der Waals surface area contributed by atoms with E-state index in [1.807, 2.05) is 33.8 Å². The van der Waals surface area contributed by atoms with Gasteiger partial charge >= 0.3 is 11.9 Å². The fourth-order valence-electron chi connectivity index (χ4n) is 2.19. The van der Waals surface area contributed by atoms with E-state index in [1.165, 1.54) is 7.11 Å². The Kier molecular flexibility index (Phi) is 7.42. The summed E-state index contributed by atoms with van der Waals surface area (Å²) in [5.41, 5.74) is 2.21. The Morgan fingerprint density at radius 2 is 1.88 bits per heavy atom. The first-order valence-corrected chi connectivity index (χ1v) is 7.92. The molecule has 6 nitrogen and oxygen atoms in total. The second kappa shape index (κ2) is 9.05. The van der Waals surface area contributed by atoms with Crippen molar-refractivity contribution in [3.05, 3.63) is 34.9 Å². The first kappa shape index (κ1) is 19.7. The van der Waals surface area contributed by atoms with Gasteiger partial charge in [-0.15, -0.1) is 0 Å². The summed E-state index contributed by atoms with van der Waals surface area (Å²) < 4.78 is 9.75. The van der Waals surface area contributed by atoms with Crippen LogP contribution in [0.2, 0.25) is 0 Å². The van der Waals surface area contributed by atoms with Crippen molar-refractivity contribution in [2.45, 2.75) is 40.2 Å². The van der Waals surface area contributed by atoms with Crippen molar-refractivity contribution in [3.8, 4) is 0 Å². The second-order valence-corrected chi connectivity index (χ2v) is 5.78. The van der Waals surface area contributed by atoms with Crippen LogP contribution in [0.25, 0.3) is 0 Å². The smallest absolute Gasteiger partial charge is 0.338 e. The highest BCUT2D eigenvalue weighted by molar-refractivity contribution is 5.93. The monoisotopic (exact) mass is 335 g/mol. The number of carbonyl (C=O) groups is 3. The molecule has 0 aromatic heterocycles. The minimum atomic E-state index is -0.757. The molecule has 132 valence electrons. The van der Waals surface area contributed by atoms with E-state index in [-0.39, 0.29) is 5.92 Å². The van der Waals surface area contributed by atoms with Crippen LogP contribution < -0.4 is 5.32 Å². The zero-order valence-electron chi connectivity index (χ0n) is 14.8. The van der Waals surface area contributed by atoms with E-state index in [0.717, 1.165) is 11.1 Å². The molecule has 1 aromatic rings. The van der Waals surface area contributed by atoms with Gasteiger partial charge in [0.2, 0.25) is 0 Å². The van der Waals surface area contributed by atoms with E-state index in [4.69, 9.17) is 9.47 Å². The van der Waals surface area contributed by atoms with E-state index in [9.17, 15) is 14.4 Å². The third kappa shape index (κ3) is 5.08. The van der Waals surface area contributed by atoms with Gasteiger partial charge in [-0.05, 0) is 37.0 Å². The number of carbonyl (C=O) groups excluding carboxylic acids is 3. The summed E-state index contributed by atoms with van der Waals surface area (Å²) in [7, 11) is 1.27. The predicted molar refractivity (Wildman–Crippen MR) is 89.6 cm³/mol. The van der Waals surface area contributed by atoms with Crippen LogP contribution in [0, 0.1) is 19.8 Å². The molecule has 1 rings (SSSR count). The van der Waals surface area contributed by atoms with Crippen LogP contribution in [0.4, 0.5) is 0 Å². The van der Waals surface area contributed by atoms with Gasteiger partial charge in [-0.25, -0.2) is 9.59 Å². The van der Waals surface area contributed by atoms with Crippen molar-refractivity contribution >= 4 is 17.8 Å². The Bertz CT molecular complexity index is 611. The summed E-state index contributed by atoms with van der Waals surface area (Å²) in [4.78, 5) is 35.8. The van der Waals surface area contributed by atoms with Gasteiger partial charge in [0.1, 0.15) is 6.04 Å². The quantitative estimate of drug-likeness (QED) is 0.772. The predicted octanol–water partition coefficient (Wildman–Crippen LogP) is 2.16. The van der Waals surface area contributed by atoms with Crippen LogP contribution in [0.1, 0.15) is 41.8 Å². The van der Waals surface area contributed by atoms with Crippen molar-refractivity contribution in [2.24, 2.45) is 5.92 Å². The summed E-state index contributed by atoms with van der Waals surface area (Å²) in [6.45, 7) is 7.02. The zero-order chi connectivity index (χ0) is 18.3. The first-order valence-electron chi connectivity index (χ1n) is 7.92. The van der Waals surface area contributed by atoms with Gasteiger partial charge < -0.3 is 14.8 Å². The summed E-state index contributed by atoms with van der Waals surface area (Å²) in [6, 6.07) is 4.55. The van der Waals surface area contributed by atoms with Crippen molar-refractivity contribution in [3.63, 3.8) is 0 Å². The van der Waals surface area contributed by atoms with Gasteiger partial charge in [-0.2, -0.15) is 0 Å². The lowest BCUT2D eigenvalue weighted by molar-refractivity contribution is -0.147. The van der Waals surface area contributed by atoms with E-state index >= 15 is 0 Å². The van der Waals surface area contributed by atoms with Crippen molar-refractivity contribution in [2.75, 3.05) is 13.7 Å². The Hall–Kier alpha value is -2.37. The molecule has 0 spiro atoms. The molecule has 1 aromatic carbocycles. The molecule has 0 fully saturated rings. The Balaban J connectivity index is 2.66. The van der Waals surface area contributed by atoms with E-state index in [0.29, 0.717) is 12.0 Å². The molecule has 0 saturated heterocycles. The number of ether oxygens (including phenoxy) is 2. The number of amides is 1. The van der Waals surface area contributed by atoms with Crippen LogP contribution in [-0.2, 0) is 19.1 Å². The van der Waals surface area contributed by atoms with Crippen LogP contribution in [0.15, 0.2) is 18.2 Å². The minimum absolute atomic E-state index is 0.0869. The van der Waals surface area contributed by atoms with Gasteiger partial charge in [-0.1, -0.05) is 32.4 Å². The second-order valence-electron chi connectivity index (χ2n) is 5.78. The molecule has 6 heteroatoms. The molecule has 24 heavy (non-hydrogen) atoms. The Labute approximate surface area is 142 Å². The van der Waals surface area contributed by atoms with Gasteiger partial charge in [0.25, 0.3) is 5.91 Å². The largest absolute Gasteiger partial charge is 0.467 e. The zero-order valence-corrected chi connectivity index (χ0v) is 14.8. The molecule has 0 aliphatic rings. The highest BCUT2D eigenvalue weighted by Gasteiger charge is 2.27. The molecule has 0 bridgehead atoms. The van der Waals surface area contributed by atoms with Crippen molar-refractivity contribution in [1.29, 1.82) is 0 Å². The molecule has 0 aliphatic heterocycles. The number of esters is 2. The highest BCUT2D eigenvalue weighted by Crippen LogP contribution is 2.14. The fraction of sp³-hybridized carbons (Fsp3) is 0.500. The molecule has 1 N–H and O–H groups in total. The summed E-state index contributed by atoms with van der Waals surface area (Å²) >= 11 is 0. The maximum atomic E-state index is 12.1. The summed E-state index contributed by atoms with van der Waals surface area (Å²) in [5, 5.41) is 2.56. The average molecular weight is 335 g/mol. The third-order valence-electron chi connectivity index (χ3n) is 4.14. The van der Waals surface area contributed by atoms with Crippen LogP contribution in [0.3, 0.4) is 0 Å². The van der Waals surface area contributed by atoms with Crippen LogP contribution in [-0.4, -0.2) is 37.6 Å². The number of rotatable bonds is 7. The maximum Gasteiger partial charge on any atom is 0.338 e. The van der Waals surface area contributed by atoms with E-state index in [2.05, 4.69) is 5.32 Å². The van der Waals surface area contributed by atoms with E-state index in [1.54, 1.807) is 12.1 Å². The van der Waals surface area contributed by atoms with Gasteiger partial charge in [0.15, 0.2) is 6.61 Å². The van der Waals surface area contributed by atoms with Gasteiger partial charge in [0, 0.05) is 0 Å². The number of hydrogen-bond donors (Lipinski definition) is 1. The molecule has 0 heterocycles. The molecule has 2 atom stereocenters. The number of aryl methyl sites for hydroxylation is 1. The molecule has 0 aliphatic carbocycles. The third-order valence-corrected chi connectivity index (χ3v) is 4.14. The topological polar surface area (TPSA) is 81.7 Å². The number of nitrogens with one attached hydrogen (secondary N) is 1. The molecule has 1 amide bonds. The number of methoxy groups -OCH3 is 1.